The summed E-state index contributed by atoms with van der Waals surface area (Å²) in [5.41, 5.74) is 2.80. The Morgan fingerprint density at radius 3 is 2.35 bits per heavy atom. The van der Waals surface area contributed by atoms with E-state index >= 15 is 0 Å². The molecule has 0 bridgehead atoms. The summed E-state index contributed by atoms with van der Waals surface area (Å²) in [5.74, 6) is -0.356. The van der Waals surface area contributed by atoms with Gasteiger partial charge in [0.1, 0.15) is 22.9 Å². The molecule has 4 aromatic rings. The van der Waals surface area contributed by atoms with Gasteiger partial charge in [-0.3, -0.25) is 9.59 Å². The van der Waals surface area contributed by atoms with Crippen LogP contribution >= 0.6 is 0 Å². The van der Waals surface area contributed by atoms with Gasteiger partial charge in [-0.05, 0) is 66.1 Å². The lowest BCUT2D eigenvalue weighted by Crippen LogP contribution is -2.27. The minimum absolute atomic E-state index is 0.00325. The first-order valence-corrected chi connectivity index (χ1v) is 10.9. The first kappa shape index (κ1) is 23.0. The van der Waals surface area contributed by atoms with Crippen molar-refractivity contribution in [1.29, 1.82) is 0 Å². The van der Waals surface area contributed by atoms with Crippen LogP contribution in [0.25, 0.3) is 33.4 Å². The van der Waals surface area contributed by atoms with Crippen molar-refractivity contribution in [3.05, 3.63) is 77.6 Å². The van der Waals surface area contributed by atoms with Gasteiger partial charge in [-0.15, -0.1) is 0 Å². The Kier molecular flexibility index (Phi) is 6.36. The van der Waals surface area contributed by atoms with Crippen LogP contribution < -0.4 is 10.6 Å². The van der Waals surface area contributed by atoms with Crippen molar-refractivity contribution in [1.82, 2.24) is 10.6 Å². The van der Waals surface area contributed by atoms with Crippen LogP contribution in [0.1, 0.15) is 34.6 Å². The van der Waals surface area contributed by atoms with E-state index in [1.807, 2.05) is 13.8 Å². The summed E-state index contributed by atoms with van der Waals surface area (Å²) in [6.45, 7) is 4.55. The summed E-state index contributed by atoms with van der Waals surface area (Å²) in [5, 5.41) is 16.5. The molecule has 0 aliphatic rings. The van der Waals surface area contributed by atoms with E-state index in [9.17, 15) is 19.1 Å². The number of carbonyl (C=O) groups is 2. The van der Waals surface area contributed by atoms with E-state index in [-0.39, 0.29) is 17.6 Å². The van der Waals surface area contributed by atoms with Crippen molar-refractivity contribution in [3.63, 3.8) is 0 Å². The maximum Gasteiger partial charge on any atom is 0.255 e. The Balaban J connectivity index is 1.82. The lowest BCUT2D eigenvalue weighted by molar-refractivity contribution is 0.0945. The van der Waals surface area contributed by atoms with Gasteiger partial charge >= 0.3 is 0 Å². The summed E-state index contributed by atoms with van der Waals surface area (Å²) in [6, 6.07) is 15.5. The molecule has 7 heteroatoms. The Hall–Kier alpha value is -4.13. The number of nitrogens with one attached hydrogen (secondary N) is 2. The fourth-order valence-corrected chi connectivity index (χ4v) is 3.73. The van der Waals surface area contributed by atoms with Crippen LogP contribution in [0.2, 0.25) is 0 Å². The van der Waals surface area contributed by atoms with E-state index in [1.165, 1.54) is 25.2 Å². The first-order valence-electron chi connectivity index (χ1n) is 10.9. The monoisotopic (exact) mass is 460 g/mol. The molecule has 1 heterocycles. The number of phenolic OH excluding ortho intramolecular Hbond substituents is 1. The topological polar surface area (TPSA) is 91.6 Å². The standard InChI is InChI=1S/C27H25FN2O4/c1-15(2)14-30-26(32)18-6-10-22(31)20(13-18)17-7-11-23-21(12-17)24(27(33)29-3)25(34-23)16-4-8-19(28)9-5-16/h4-13,15,31H,14H2,1-3H3,(H,29,33)(H,30,32). The van der Waals surface area contributed by atoms with Crippen LogP contribution in [0.4, 0.5) is 4.39 Å². The smallest absolute Gasteiger partial charge is 0.255 e. The van der Waals surface area contributed by atoms with Gasteiger partial charge in [-0.25, -0.2) is 4.39 Å². The summed E-state index contributed by atoms with van der Waals surface area (Å²) in [6.07, 6.45) is 0. The highest BCUT2D eigenvalue weighted by Gasteiger charge is 2.22. The van der Waals surface area contributed by atoms with Gasteiger partial charge in [0.25, 0.3) is 11.8 Å². The van der Waals surface area contributed by atoms with Gasteiger partial charge in [-0.1, -0.05) is 19.9 Å². The van der Waals surface area contributed by atoms with Gasteiger partial charge < -0.3 is 20.2 Å². The zero-order valence-corrected chi connectivity index (χ0v) is 19.1. The molecule has 0 saturated carbocycles. The third-order valence-electron chi connectivity index (χ3n) is 5.49. The molecule has 0 atom stereocenters. The largest absolute Gasteiger partial charge is 0.507 e. The molecule has 1 aromatic heterocycles. The SMILES string of the molecule is CNC(=O)c1c(-c2ccc(F)cc2)oc2ccc(-c3cc(C(=O)NCC(C)C)ccc3O)cc12. The molecule has 0 aliphatic carbocycles. The third kappa shape index (κ3) is 4.50. The van der Waals surface area contributed by atoms with Crippen LogP contribution in [0.15, 0.2) is 65.1 Å². The molecular weight excluding hydrogens is 435 g/mol. The number of aromatic hydroxyl groups is 1. The fourth-order valence-electron chi connectivity index (χ4n) is 3.73. The highest BCUT2D eigenvalue weighted by atomic mass is 19.1. The molecule has 2 amide bonds. The number of rotatable bonds is 6. The number of amides is 2. The van der Waals surface area contributed by atoms with Crippen molar-refractivity contribution in [2.45, 2.75) is 13.8 Å². The predicted octanol–water partition coefficient (Wildman–Crippen LogP) is 5.36. The molecule has 0 saturated heterocycles. The number of fused-ring (bicyclic) bond motifs is 1. The van der Waals surface area contributed by atoms with E-state index < -0.39 is 5.82 Å². The van der Waals surface area contributed by atoms with E-state index in [2.05, 4.69) is 10.6 Å². The number of benzene rings is 3. The molecule has 174 valence electrons. The molecule has 34 heavy (non-hydrogen) atoms. The first-order chi connectivity index (χ1) is 16.3. The van der Waals surface area contributed by atoms with Crippen LogP contribution in [0, 0.1) is 11.7 Å². The van der Waals surface area contributed by atoms with E-state index in [0.29, 0.717) is 57.0 Å². The number of furan rings is 1. The average Bonchev–Trinajstić information content (AvgIpc) is 3.21. The molecule has 0 fully saturated rings. The molecule has 0 radical (unpaired) electrons. The van der Waals surface area contributed by atoms with Crippen molar-refractivity contribution in [2.24, 2.45) is 5.92 Å². The average molecular weight is 461 g/mol. The van der Waals surface area contributed by atoms with Gasteiger partial charge in [0, 0.05) is 35.7 Å². The van der Waals surface area contributed by atoms with Crippen molar-refractivity contribution >= 4 is 22.8 Å². The van der Waals surface area contributed by atoms with Crippen molar-refractivity contribution < 1.29 is 23.5 Å². The Morgan fingerprint density at radius 1 is 0.971 bits per heavy atom. The van der Waals surface area contributed by atoms with Crippen molar-refractivity contribution in [2.75, 3.05) is 13.6 Å². The van der Waals surface area contributed by atoms with Gasteiger partial charge in [0.2, 0.25) is 0 Å². The van der Waals surface area contributed by atoms with Gasteiger partial charge in [0.15, 0.2) is 0 Å². The fraction of sp³-hybridized carbons (Fsp3) is 0.185. The van der Waals surface area contributed by atoms with Gasteiger partial charge in [-0.2, -0.15) is 0 Å². The molecule has 3 aromatic carbocycles. The zero-order chi connectivity index (χ0) is 24.4. The highest BCUT2D eigenvalue weighted by Crippen LogP contribution is 2.38. The maximum absolute atomic E-state index is 13.4. The molecule has 0 spiro atoms. The highest BCUT2D eigenvalue weighted by molar-refractivity contribution is 6.12. The second-order valence-corrected chi connectivity index (χ2v) is 8.44. The third-order valence-corrected chi connectivity index (χ3v) is 5.49. The van der Waals surface area contributed by atoms with Crippen LogP contribution in [0.5, 0.6) is 5.75 Å². The van der Waals surface area contributed by atoms with Crippen LogP contribution in [-0.2, 0) is 0 Å². The Labute approximate surface area is 196 Å². The Morgan fingerprint density at radius 2 is 1.68 bits per heavy atom. The molecule has 3 N–H and O–H groups in total. The number of carbonyl (C=O) groups excluding carboxylic acids is 2. The molecule has 4 rings (SSSR count). The number of hydrogen-bond donors (Lipinski definition) is 3. The molecule has 0 aliphatic heterocycles. The second kappa shape index (κ2) is 9.39. The Bertz CT molecular complexity index is 1370. The molecular formula is C27H25FN2O4. The van der Waals surface area contributed by atoms with Gasteiger partial charge in [0.05, 0.1) is 5.56 Å². The van der Waals surface area contributed by atoms with E-state index in [4.69, 9.17) is 4.42 Å². The summed E-state index contributed by atoms with van der Waals surface area (Å²) >= 11 is 0. The normalized spacial score (nSPS) is 11.1. The maximum atomic E-state index is 13.4. The summed E-state index contributed by atoms with van der Waals surface area (Å²) in [7, 11) is 1.52. The zero-order valence-electron chi connectivity index (χ0n) is 19.1. The minimum atomic E-state index is -0.392. The summed E-state index contributed by atoms with van der Waals surface area (Å²) in [4.78, 5) is 25.3. The van der Waals surface area contributed by atoms with Crippen LogP contribution in [-0.4, -0.2) is 30.5 Å². The summed E-state index contributed by atoms with van der Waals surface area (Å²) < 4.78 is 19.4. The lowest BCUT2D eigenvalue weighted by Gasteiger charge is -2.10. The lowest BCUT2D eigenvalue weighted by atomic mass is 9.98. The predicted molar refractivity (Wildman–Crippen MR) is 129 cm³/mol. The number of hydrogen-bond acceptors (Lipinski definition) is 4. The molecule has 0 unspecified atom stereocenters. The van der Waals surface area contributed by atoms with E-state index in [1.54, 1.807) is 42.5 Å². The van der Waals surface area contributed by atoms with E-state index in [0.717, 1.165) is 0 Å². The van der Waals surface area contributed by atoms with Crippen LogP contribution in [0.3, 0.4) is 0 Å². The number of phenols is 1. The molecule has 6 nitrogen and oxygen atoms in total. The second-order valence-electron chi connectivity index (χ2n) is 8.44. The van der Waals surface area contributed by atoms with Crippen molar-refractivity contribution in [3.8, 4) is 28.2 Å². The minimum Gasteiger partial charge on any atom is -0.507 e. The quantitative estimate of drug-likeness (QED) is 0.361. The number of halogens is 1.